The highest BCUT2D eigenvalue weighted by atomic mass is 35.5. The Morgan fingerprint density at radius 2 is 2.14 bits per heavy atom. The lowest BCUT2D eigenvalue weighted by Gasteiger charge is -2.36. The highest BCUT2D eigenvalue weighted by molar-refractivity contribution is 7.86. The van der Waals surface area contributed by atoms with Crippen molar-refractivity contribution in [3.05, 3.63) is 34.9 Å². The monoisotopic (exact) mass is 342 g/mol. The lowest BCUT2D eigenvalue weighted by molar-refractivity contribution is -0.118. The van der Waals surface area contributed by atoms with Crippen LogP contribution in [0.25, 0.3) is 0 Å². The second-order valence-electron chi connectivity index (χ2n) is 5.72. The van der Waals surface area contributed by atoms with Crippen LogP contribution >= 0.6 is 11.6 Å². The van der Waals surface area contributed by atoms with Crippen LogP contribution in [0.5, 0.6) is 0 Å². The standard InChI is InChI=1S/C16H23ClN2O2S/c1-11(22(21)10-16(20)18-2)15-9-19-8-7-14(15)12-3-5-13(17)6-4-12/h3-6,11,14-15,19H,7-10H2,1-2H3,(H,18,20)/t11?,14-,15-,22?/m1/s1. The summed E-state index contributed by atoms with van der Waals surface area (Å²) in [5.74, 6) is 0.501. The maximum Gasteiger partial charge on any atom is 0.232 e. The van der Waals surface area contributed by atoms with E-state index >= 15 is 0 Å². The van der Waals surface area contributed by atoms with Crippen molar-refractivity contribution in [3.63, 3.8) is 0 Å². The molecule has 1 amide bonds. The quantitative estimate of drug-likeness (QED) is 0.859. The van der Waals surface area contributed by atoms with Crippen molar-refractivity contribution >= 4 is 28.3 Å². The highest BCUT2D eigenvalue weighted by Gasteiger charge is 2.33. The van der Waals surface area contributed by atoms with Gasteiger partial charge in [-0.3, -0.25) is 9.00 Å². The molecule has 1 aromatic rings. The number of amides is 1. The number of piperidine rings is 1. The first-order valence-electron chi connectivity index (χ1n) is 7.57. The molecule has 0 spiro atoms. The van der Waals surface area contributed by atoms with Crippen LogP contribution in [0.2, 0.25) is 5.02 Å². The van der Waals surface area contributed by atoms with Crippen LogP contribution in [-0.2, 0) is 15.6 Å². The fourth-order valence-corrected chi connectivity index (χ4v) is 4.49. The van der Waals surface area contributed by atoms with E-state index in [0.717, 1.165) is 24.5 Å². The lowest BCUT2D eigenvalue weighted by atomic mass is 9.79. The van der Waals surface area contributed by atoms with E-state index in [9.17, 15) is 9.00 Å². The molecule has 0 saturated carbocycles. The number of carbonyl (C=O) groups is 1. The molecule has 6 heteroatoms. The summed E-state index contributed by atoms with van der Waals surface area (Å²) >= 11 is 5.97. The first-order chi connectivity index (χ1) is 10.5. The van der Waals surface area contributed by atoms with Gasteiger partial charge in [0.15, 0.2) is 0 Å². The number of nitrogens with one attached hydrogen (secondary N) is 2. The molecule has 0 aromatic heterocycles. The second-order valence-corrected chi connectivity index (χ2v) is 7.95. The highest BCUT2D eigenvalue weighted by Crippen LogP contribution is 2.34. The molecule has 1 aliphatic heterocycles. The average Bonchev–Trinajstić information content (AvgIpc) is 2.54. The van der Waals surface area contributed by atoms with Gasteiger partial charge in [0.1, 0.15) is 5.75 Å². The average molecular weight is 343 g/mol. The maximum absolute atomic E-state index is 12.4. The molecule has 22 heavy (non-hydrogen) atoms. The van der Waals surface area contributed by atoms with Gasteiger partial charge < -0.3 is 10.6 Å². The number of benzene rings is 1. The van der Waals surface area contributed by atoms with Crippen LogP contribution < -0.4 is 10.6 Å². The van der Waals surface area contributed by atoms with E-state index in [0.29, 0.717) is 5.92 Å². The van der Waals surface area contributed by atoms with E-state index in [1.54, 1.807) is 7.05 Å². The van der Waals surface area contributed by atoms with Gasteiger partial charge in [-0.25, -0.2) is 0 Å². The first-order valence-corrected chi connectivity index (χ1v) is 9.33. The molecular formula is C16H23ClN2O2S. The molecule has 1 heterocycles. The van der Waals surface area contributed by atoms with Gasteiger partial charge in [0.25, 0.3) is 0 Å². The van der Waals surface area contributed by atoms with Crippen molar-refractivity contribution in [2.24, 2.45) is 5.92 Å². The zero-order valence-electron chi connectivity index (χ0n) is 13.0. The van der Waals surface area contributed by atoms with Crippen LogP contribution in [0.4, 0.5) is 0 Å². The number of halogens is 1. The summed E-state index contributed by atoms with van der Waals surface area (Å²) in [4.78, 5) is 11.5. The second kappa shape index (κ2) is 8.09. The van der Waals surface area contributed by atoms with Gasteiger partial charge in [0, 0.05) is 28.1 Å². The van der Waals surface area contributed by atoms with Gasteiger partial charge in [-0.1, -0.05) is 30.7 Å². The van der Waals surface area contributed by atoms with E-state index in [2.05, 4.69) is 22.8 Å². The van der Waals surface area contributed by atoms with E-state index in [1.165, 1.54) is 5.56 Å². The van der Waals surface area contributed by atoms with Gasteiger partial charge >= 0.3 is 0 Å². The minimum atomic E-state index is -1.17. The Balaban J connectivity index is 2.13. The van der Waals surface area contributed by atoms with Crippen LogP contribution in [0.15, 0.2) is 24.3 Å². The zero-order chi connectivity index (χ0) is 16.1. The molecular weight excluding hydrogens is 320 g/mol. The minimum absolute atomic E-state index is 0.0363. The molecule has 2 rings (SSSR count). The fourth-order valence-electron chi connectivity index (χ4n) is 3.03. The summed E-state index contributed by atoms with van der Waals surface area (Å²) in [5, 5.41) is 6.62. The van der Waals surface area contributed by atoms with Crippen molar-refractivity contribution in [1.29, 1.82) is 0 Å². The topological polar surface area (TPSA) is 58.2 Å². The summed E-state index contributed by atoms with van der Waals surface area (Å²) in [6, 6.07) is 7.92. The van der Waals surface area contributed by atoms with Crippen molar-refractivity contribution < 1.29 is 9.00 Å². The Hall–Kier alpha value is -0.910. The summed E-state index contributed by atoms with van der Waals surface area (Å²) in [5.41, 5.74) is 1.24. The van der Waals surface area contributed by atoms with Gasteiger partial charge in [0.05, 0.1) is 0 Å². The summed E-state index contributed by atoms with van der Waals surface area (Å²) < 4.78 is 12.4. The van der Waals surface area contributed by atoms with Crippen molar-refractivity contribution in [2.75, 3.05) is 25.9 Å². The molecule has 1 fully saturated rings. The lowest BCUT2D eigenvalue weighted by Crippen LogP contribution is -2.43. The molecule has 0 radical (unpaired) electrons. The summed E-state index contributed by atoms with van der Waals surface area (Å²) in [6.07, 6.45) is 1.01. The van der Waals surface area contributed by atoms with E-state index in [1.807, 2.05) is 19.1 Å². The van der Waals surface area contributed by atoms with Crippen molar-refractivity contribution in [2.45, 2.75) is 24.5 Å². The zero-order valence-corrected chi connectivity index (χ0v) is 14.5. The van der Waals surface area contributed by atoms with Crippen LogP contribution in [-0.4, -0.2) is 41.3 Å². The summed E-state index contributed by atoms with van der Waals surface area (Å²) in [6.45, 7) is 3.77. The predicted octanol–water partition coefficient (Wildman–Crippen LogP) is 1.92. The predicted molar refractivity (Wildman–Crippen MR) is 91.7 cm³/mol. The van der Waals surface area contributed by atoms with Crippen molar-refractivity contribution in [3.8, 4) is 0 Å². The van der Waals surface area contributed by atoms with E-state index < -0.39 is 10.8 Å². The third-order valence-electron chi connectivity index (χ3n) is 4.40. The smallest absolute Gasteiger partial charge is 0.232 e. The number of hydrogen-bond acceptors (Lipinski definition) is 3. The van der Waals surface area contributed by atoms with E-state index in [4.69, 9.17) is 11.6 Å². The van der Waals surface area contributed by atoms with Crippen molar-refractivity contribution in [1.82, 2.24) is 10.6 Å². The van der Waals surface area contributed by atoms with Gasteiger partial charge in [-0.15, -0.1) is 0 Å². The Bertz CT molecular complexity index is 535. The third-order valence-corrected chi connectivity index (χ3v) is 6.37. The Morgan fingerprint density at radius 3 is 2.77 bits per heavy atom. The number of hydrogen-bond donors (Lipinski definition) is 2. The minimum Gasteiger partial charge on any atom is -0.358 e. The summed E-state index contributed by atoms with van der Waals surface area (Å²) in [7, 11) is 0.403. The number of carbonyl (C=O) groups excluding carboxylic acids is 1. The van der Waals surface area contributed by atoms with Gasteiger partial charge in [-0.2, -0.15) is 0 Å². The molecule has 4 atom stereocenters. The maximum atomic E-state index is 12.4. The molecule has 2 N–H and O–H groups in total. The van der Waals surface area contributed by atoms with Gasteiger partial charge in [0.2, 0.25) is 5.91 Å². The Morgan fingerprint density at radius 1 is 1.45 bits per heavy atom. The van der Waals surface area contributed by atoms with E-state index in [-0.39, 0.29) is 22.8 Å². The van der Waals surface area contributed by atoms with Crippen LogP contribution in [0, 0.1) is 5.92 Å². The first kappa shape index (κ1) is 17.4. The molecule has 1 aliphatic rings. The normalized spacial score (nSPS) is 24.5. The fraction of sp³-hybridized carbons (Fsp3) is 0.562. The van der Waals surface area contributed by atoms with Crippen LogP contribution in [0.1, 0.15) is 24.8 Å². The molecule has 1 saturated heterocycles. The molecule has 0 aliphatic carbocycles. The van der Waals surface area contributed by atoms with Crippen LogP contribution in [0.3, 0.4) is 0 Å². The molecule has 4 nitrogen and oxygen atoms in total. The third kappa shape index (κ3) is 4.31. The number of rotatable bonds is 5. The Labute approximate surface area is 139 Å². The molecule has 0 bridgehead atoms. The SMILES string of the molecule is CNC(=O)CS(=O)C(C)[C@H]1CNCC[C@@H]1c1ccc(Cl)cc1. The van der Waals surface area contributed by atoms with Gasteiger partial charge in [-0.05, 0) is 49.0 Å². The molecule has 122 valence electrons. The Kier molecular flexibility index (Phi) is 6.41. The molecule has 2 unspecified atom stereocenters. The largest absolute Gasteiger partial charge is 0.358 e. The molecule has 1 aromatic carbocycles.